The molecule has 1 heteroatoms. The summed E-state index contributed by atoms with van der Waals surface area (Å²) in [7, 11) is 0. The predicted molar refractivity (Wildman–Crippen MR) is 55.7 cm³/mol. The van der Waals surface area contributed by atoms with Gasteiger partial charge in [-0.15, -0.1) is 11.6 Å². The van der Waals surface area contributed by atoms with Crippen molar-refractivity contribution >= 4 is 11.6 Å². The highest BCUT2D eigenvalue weighted by atomic mass is 35.5. The second-order valence-corrected chi connectivity index (χ2v) is 5.53. The lowest BCUT2D eigenvalue weighted by Crippen LogP contribution is -2.13. The maximum absolute atomic E-state index is 6.31. The molecule has 1 aliphatic rings. The largest absolute Gasteiger partial charge is 0.123 e. The molecule has 0 aromatic heterocycles. The van der Waals surface area contributed by atoms with Crippen molar-refractivity contribution in [2.24, 2.45) is 11.3 Å². The zero-order valence-electron chi connectivity index (χ0n) is 8.57. The van der Waals surface area contributed by atoms with Crippen molar-refractivity contribution in [3.63, 3.8) is 0 Å². The van der Waals surface area contributed by atoms with Gasteiger partial charge in [-0.05, 0) is 37.0 Å². The van der Waals surface area contributed by atoms with Gasteiger partial charge in [0.1, 0.15) is 0 Å². The molecule has 1 aliphatic carbocycles. The van der Waals surface area contributed by atoms with Gasteiger partial charge in [-0.2, -0.15) is 0 Å². The van der Waals surface area contributed by atoms with Gasteiger partial charge in [-0.1, -0.05) is 27.2 Å². The summed E-state index contributed by atoms with van der Waals surface area (Å²) >= 11 is 6.31. The fraction of sp³-hybridized carbons (Fsp3) is 1.00. The van der Waals surface area contributed by atoms with Crippen LogP contribution < -0.4 is 0 Å². The molecule has 12 heavy (non-hydrogen) atoms. The Hall–Kier alpha value is 0.290. The summed E-state index contributed by atoms with van der Waals surface area (Å²) in [6.45, 7) is 6.95. The zero-order chi connectivity index (χ0) is 9.19. The molecule has 0 bridgehead atoms. The first-order valence-corrected chi connectivity index (χ1v) is 5.63. The van der Waals surface area contributed by atoms with Crippen molar-refractivity contribution in [3.8, 4) is 0 Å². The standard InChI is InChI=1S/C11H21Cl/c1-4-5-10(12)9-6-7-11(2,3)8-9/h9-10H,4-8H2,1-3H3. The molecule has 0 spiro atoms. The van der Waals surface area contributed by atoms with E-state index in [-0.39, 0.29) is 0 Å². The molecule has 2 atom stereocenters. The SMILES string of the molecule is CCCC(Cl)C1CCC(C)(C)C1. The Morgan fingerprint density at radius 3 is 2.58 bits per heavy atom. The van der Waals surface area contributed by atoms with E-state index in [9.17, 15) is 0 Å². The molecule has 0 aromatic rings. The van der Waals surface area contributed by atoms with E-state index in [2.05, 4.69) is 20.8 Å². The average molecular weight is 189 g/mol. The molecule has 1 saturated carbocycles. The molecule has 1 rings (SSSR count). The molecule has 1 fully saturated rings. The number of hydrogen-bond acceptors (Lipinski definition) is 0. The van der Waals surface area contributed by atoms with Crippen LogP contribution in [0.25, 0.3) is 0 Å². The smallest absolute Gasteiger partial charge is 0.0364 e. The molecular weight excluding hydrogens is 168 g/mol. The second kappa shape index (κ2) is 4.00. The first-order chi connectivity index (χ1) is 5.55. The summed E-state index contributed by atoms with van der Waals surface area (Å²) in [5.41, 5.74) is 0.561. The van der Waals surface area contributed by atoms with Gasteiger partial charge in [0.05, 0.1) is 0 Å². The average Bonchev–Trinajstić information content (AvgIpc) is 2.31. The lowest BCUT2D eigenvalue weighted by molar-refractivity contribution is 0.353. The first kappa shape index (κ1) is 10.4. The summed E-state index contributed by atoms with van der Waals surface area (Å²) in [4.78, 5) is 0. The molecule has 0 heterocycles. The normalized spacial score (nSPS) is 30.5. The highest BCUT2D eigenvalue weighted by molar-refractivity contribution is 6.20. The second-order valence-electron chi connectivity index (χ2n) is 4.97. The lowest BCUT2D eigenvalue weighted by Gasteiger charge is -2.20. The van der Waals surface area contributed by atoms with Crippen LogP contribution in [0.4, 0.5) is 0 Å². The van der Waals surface area contributed by atoms with Gasteiger partial charge in [-0.25, -0.2) is 0 Å². The molecule has 0 aromatic carbocycles. The maximum Gasteiger partial charge on any atom is 0.0364 e. The van der Waals surface area contributed by atoms with Gasteiger partial charge >= 0.3 is 0 Å². The van der Waals surface area contributed by atoms with Crippen LogP contribution in [-0.2, 0) is 0 Å². The van der Waals surface area contributed by atoms with Gasteiger partial charge in [0.25, 0.3) is 0 Å². The Bertz CT molecular complexity index is 140. The van der Waals surface area contributed by atoms with Crippen molar-refractivity contribution < 1.29 is 0 Å². The Labute approximate surface area is 81.7 Å². The van der Waals surface area contributed by atoms with Gasteiger partial charge < -0.3 is 0 Å². The molecule has 0 amide bonds. The minimum atomic E-state index is 0.441. The Morgan fingerprint density at radius 1 is 1.50 bits per heavy atom. The predicted octanol–water partition coefficient (Wildman–Crippen LogP) is 4.22. The number of halogens is 1. The highest BCUT2D eigenvalue weighted by Crippen LogP contribution is 2.44. The monoisotopic (exact) mass is 188 g/mol. The van der Waals surface area contributed by atoms with Crippen molar-refractivity contribution in [2.75, 3.05) is 0 Å². The molecule has 0 aliphatic heterocycles. The van der Waals surface area contributed by atoms with E-state index in [0.717, 1.165) is 5.92 Å². The van der Waals surface area contributed by atoms with Gasteiger partial charge in [0, 0.05) is 5.38 Å². The van der Waals surface area contributed by atoms with Crippen molar-refractivity contribution in [2.45, 2.75) is 58.3 Å². The number of rotatable bonds is 3. The molecule has 0 saturated heterocycles. The van der Waals surface area contributed by atoms with Crippen LogP contribution in [-0.4, -0.2) is 5.38 Å². The van der Waals surface area contributed by atoms with Crippen molar-refractivity contribution in [1.82, 2.24) is 0 Å². The van der Waals surface area contributed by atoms with E-state index in [1.165, 1.54) is 32.1 Å². The Kier molecular flexibility index (Phi) is 3.46. The van der Waals surface area contributed by atoms with Crippen LogP contribution >= 0.6 is 11.6 Å². The van der Waals surface area contributed by atoms with Crippen LogP contribution in [0, 0.1) is 11.3 Å². The van der Waals surface area contributed by atoms with Crippen molar-refractivity contribution in [1.29, 1.82) is 0 Å². The highest BCUT2D eigenvalue weighted by Gasteiger charge is 2.34. The van der Waals surface area contributed by atoms with Crippen LogP contribution in [0.2, 0.25) is 0 Å². The van der Waals surface area contributed by atoms with Crippen LogP contribution in [0.1, 0.15) is 52.9 Å². The summed E-state index contributed by atoms with van der Waals surface area (Å²) in [5.74, 6) is 0.793. The van der Waals surface area contributed by atoms with Crippen LogP contribution in [0.15, 0.2) is 0 Å². The van der Waals surface area contributed by atoms with Gasteiger partial charge in [-0.3, -0.25) is 0 Å². The van der Waals surface area contributed by atoms with E-state index < -0.39 is 0 Å². The Morgan fingerprint density at radius 2 is 2.17 bits per heavy atom. The maximum atomic E-state index is 6.31. The van der Waals surface area contributed by atoms with E-state index in [1.54, 1.807) is 0 Å². The van der Waals surface area contributed by atoms with Gasteiger partial charge in [0.15, 0.2) is 0 Å². The van der Waals surface area contributed by atoms with Gasteiger partial charge in [0.2, 0.25) is 0 Å². The fourth-order valence-electron chi connectivity index (χ4n) is 2.31. The third kappa shape index (κ3) is 2.65. The fourth-order valence-corrected chi connectivity index (χ4v) is 2.74. The van der Waals surface area contributed by atoms with E-state index in [0.29, 0.717) is 10.8 Å². The molecule has 0 N–H and O–H groups in total. The van der Waals surface area contributed by atoms with E-state index in [1.807, 2.05) is 0 Å². The van der Waals surface area contributed by atoms with Crippen LogP contribution in [0.5, 0.6) is 0 Å². The minimum Gasteiger partial charge on any atom is -0.123 e. The summed E-state index contributed by atoms with van der Waals surface area (Å²) in [6.07, 6.45) is 6.47. The number of alkyl halides is 1. The summed E-state index contributed by atoms with van der Waals surface area (Å²) in [6, 6.07) is 0. The summed E-state index contributed by atoms with van der Waals surface area (Å²) < 4.78 is 0. The molecular formula is C11H21Cl. The van der Waals surface area contributed by atoms with E-state index >= 15 is 0 Å². The zero-order valence-corrected chi connectivity index (χ0v) is 9.32. The lowest BCUT2D eigenvalue weighted by atomic mass is 9.89. The minimum absolute atomic E-state index is 0.441. The number of hydrogen-bond donors (Lipinski definition) is 0. The third-order valence-electron chi connectivity index (χ3n) is 3.08. The first-order valence-electron chi connectivity index (χ1n) is 5.19. The Balaban J connectivity index is 2.36. The van der Waals surface area contributed by atoms with Crippen LogP contribution in [0.3, 0.4) is 0 Å². The molecule has 0 radical (unpaired) electrons. The molecule has 2 unspecified atom stereocenters. The molecule has 0 nitrogen and oxygen atoms in total. The molecule has 72 valence electrons. The quantitative estimate of drug-likeness (QED) is 0.582. The topological polar surface area (TPSA) is 0 Å². The summed E-state index contributed by atoms with van der Waals surface area (Å²) in [5, 5.41) is 0.441. The van der Waals surface area contributed by atoms with E-state index in [4.69, 9.17) is 11.6 Å². The van der Waals surface area contributed by atoms with Crippen molar-refractivity contribution in [3.05, 3.63) is 0 Å². The third-order valence-corrected chi connectivity index (χ3v) is 3.66.